The lowest BCUT2D eigenvalue weighted by Gasteiger charge is -2.22. The number of benzene rings is 1. The normalized spacial score (nSPS) is 11.1. The number of nitrogens with zero attached hydrogens (tertiary/aromatic N) is 1. The van der Waals surface area contributed by atoms with Crippen molar-refractivity contribution < 1.29 is 0 Å². The fraction of sp³-hybridized carbons (Fsp3) is 0.412. The fourth-order valence-electron chi connectivity index (χ4n) is 2.32. The lowest BCUT2D eigenvalue weighted by molar-refractivity contribution is 0.552. The number of para-hydroxylation sites is 1. The van der Waals surface area contributed by atoms with Gasteiger partial charge in [-0.15, -0.1) is 11.3 Å². The van der Waals surface area contributed by atoms with E-state index in [1.807, 2.05) is 0 Å². The third kappa shape index (κ3) is 5.13. The van der Waals surface area contributed by atoms with Crippen molar-refractivity contribution in [2.24, 2.45) is 5.92 Å². The van der Waals surface area contributed by atoms with E-state index in [-0.39, 0.29) is 0 Å². The molecule has 114 valence electrons. The minimum atomic E-state index is 0.679. The summed E-state index contributed by atoms with van der Waals surface area (Å²) in [5.41, 5.74) is 4.00. The number of halogens is 1. The summed E-state index contributed by atoms with van der Waals surface area (Å²) in [7, 11) is 2.16. The quantitative estimate of drug-likeness (QED) is 0.749. The van der Waals surface area contributed by atoms with Crippen molar-refractivity contribution in [1.29, 1.82) is 0 Å². The van der Waals surface area contributed by atoms with E-state index in [9.17, 15) is 0 Å². The van der Waals surface area contributed by atoms with Crippen molar-refractivity contribution in [2.75, 3.05) is 18.5 Å². The van der Waals surface area contributed by atoms with Crippen LogP contribution in [0.15, 0.2) is 39.5 Å². The first-order chi connectivity index (χ1) is 10.1. The van der Waals surface area contributed by atoms with Crippen molar-refractivity contribution in [1.82, 2.24) is 5.32 Å². The van der Waals surface area contributed by atoms with Gasteiger partial charge in [0.25, 0.3) is 0 Å². The Morgan fingerprint density at radius 1 is 1.29 bits per heavy atom. The van der Waals surface area contributed by atoms with Crippen LogP contribution in [0.4, 0.5) is 5.69 Å². The molecule has 21 heavy (non-hydrogen) atoms. The Bertz CT molecular complexity index is 565. The maximum atomic E-state index is 3.53. The third-order valence-corrected chi connectivity index (χ3v) is 4.87. The van der Waals surface area contributed by atoms with Gasteiger partial charge in [0, 0.05) is 25.8 Å². The summed E-state index contributed by atoms with van der Waals surface area (Å²) >= 11 is 5.27. The van der Waals surface area contributed by atoms with Crippen molar-refractivity contribution >= 4 is 33.0 Å². The Kier molecular flexibility index (Phi) is 6.27. The highest BCUT2D eigenvalue weighted by Crippen LogP contribution is 2.25. The van der Waals surface area contributed by atoms with Gasteiger partial charge in [0.2, 0.25) is 0 Å². The van der Waals surface area contributed by atoms with E-state index >= 15 is 0 Å². The van der Waals surface area contributed by atoms with Crippen LogP contribution < -0.4 is 10.2 Å². The van der Waals surface area contributed by atoms with Gasteiger partial charge in [0.1, 0.15) is 0 Å². The monoisotopic (exact) mass is 366 g/mol. The van der Waals surface area contributed by atoms with Crippen molar-refractivity contribution in [2.45, 2.75) is 26.9 Å². The van der Waals surface area contributed by atoms with Gasteiger partial charge in [0.05, 0.1) is 3.79 Å². The molecule has 0 unspecified atom stereocenters. The second-order valence-electron chi connectivity index (χ2n) is 5.77. The summed E-state index contributed by atoms with van der Waals surface area (Å²) in [6.07, 6.45) is 0. The molecule has 2 aromatic rings. The van der Waals surface area contributed by atoms with Gasteiger partial charge < -0.3 is 10.2 Å². The maximum absolute atomic E-state index is 3.53. The molecular formula is C17H23BrN2S. The van der Waals surface area contributed by atoms with E-state index in [1.165, 1.54) is 20.6 Å². The Labute approximate surface area is 140 Å². The highest BCUT2D eigenvalue weighted by molar-refractivity contribution is 9.11. The molecule has 1 heterocycles. The highest BCUT2D eigenvalue weighted by Gasteiger charge is 2.08. The zero-order valence-electron chi connectivity index (χ0n) is 12.9. The zero-order chi connectivity index (χ0) is 15.2. The molecule has 4 heteroatoms. The largest absolute Gasteiger partial charge is 0.370 e. The van der Waals surface area contributed by atoms with Crippen LogP contribution in [-0.2, 0) is 13.1 Å². The Balaban J connectivity index is 2.04. The molecule has 0 spiro atoms. The van der Waals surface area contributed by atoms with E-state index in [0.29, 0.717) is 5.92 Å². The van der Waals surface area contributed by atoms with Crippen molar-refractivity contribution in [3.05, 3.63) is 50.6 Å². The van der Waals surface area contributed by atoms with Crippen LogP contribution in [0.3, 0.4) is 0 Å². The molecule has 0 bridgehead atoms. The molecule has 0 aliphatic carbocycles. The molecule has 0 saturated heterocycles. The van der Waals surface area contributed by atoms with Crippen molar-refractivity contribution in [3.63, 3.8) is 0 Å². The summed E-state index contributed by atoms with van der Waals surface area (Å²) in [4.78, 5) is 2.32. The first-order valence-electron chi connectivity index (χ1n) is 7.29. The number of anilines is 1. The average molecular weight is 367 g/mol. The van der Waals surface area contributed by atoms with Crippen LogP contribution in [0.2, 0.25) is 0 Å². The molecule has 1 N–H and O–H groups in total. The average Bonchev–Trinajstić information content (AvgIpc) is 2.84. The molecule has 0 aliphatic heterocycles. The van der Waals surface area contributed by atoms with Crippen LogP contribution in [-0.4, -0.2) is 13.6 Å². The summed E-state index contributed by atoms with van der Waals surface area (Å²) in [6.45, 7) is 7.38. The number of rotatable bonds is 7. The Hall–Kier alpha value is -0.840. The number of hydrogen-bond acceptors (Lipinski definition) is 3. The topological polar surface area (TPSA) is 15.3 Å². The van der Waals surface area contributed by atoms with E-state index in [2.05, 4.69) is 82.8 Å². The molecule has 0 radical (unpaired) electrons. The highest BCUT2D eigenvalue weighted by atomic mass is 79.9. The molecule has 1 aromatic carbocycles. The van der Waals surface area contributed by atoms with Crippen LogP contribution in [0.1, 0.15) is 25.0 Å². The molecule has 0 atom stereocenters. The maximum Gasteiger partial charge on any atom is 0.0701 e. The summed E-state index contributed by atoms with van der Waals surface area (Å²) < 4.78 is 1.19. The molecule has 2 rings (SSSR count). The van der Waals surface area contributed by atoms with Crippen LogP contribution >= 0.6 is 27.3 Å². The second kappa shape index (κ2) is 7.97. The van der Waals surface area contributed by atoms with Crippen molar-refractivity contribution in [3.8, 4) is 0 Å². The summed E-state index contributed by atoms with van der Waals surface area (Å²) in [5, 5.41) is 5.74. The predicted octanol–water partition coefficient (Wildman–Crippen LogP) is 4.89. The third-order valence-electron chi connectivity index (χ3n) is 3.31. The van der Waals surface area contributed by atoms with Crippen LogP contribution in [0.25, 0.3) is 0 Å². The molecular weight excluding hydrogens is 344 g/mol. The fourth-order valence-corrected chi connectivity index (χ4v) is 3.52. The van der Waals surface area contributed by atoms with E-state index in [1.54, 1.807) is 11.3 Å². The molecule has 0 amide bonds. The molecule has 2 nitrogen and oxygen atoms in total. The number of thiophene rings is 1. The van der Waals surface area contributed by atoms with E-state index in [4.69, 9.17) is 0 Å². The van der Waals surface area contributed by atoms with Gasteiger partial charge in [-0.25, -0.2) is 0 Å². The molecule has 0 saturated carbocycles. The summed E-state index contributed by atoms with van der Waals surface area (Å²) in [6, 6.07) is 10.8. The first kappa shape index (κ1) is 16.5. The lowest BCUT2D eigenvalue weighted by Crippen LogP contribution is -2.22. The van der Waals surface area contributed by atoms with Gasteiger partial charge in [-0.1, -0.05) is 32.0 Å². The van der Waals surface area contributed by atoms with Gasteiger partial charge in [-0.05, 0) is 57.0 Å². The molecule has 0 fully saturated rings. The zero-order valence-corrected chi connectivity index (χ0v) is 15.3. The minimum absolute atomic E-state index is 0.679. The Morgan fingerprint density at radius 2 is 2.05 bits per heavy atom. The smallest absolute Gasteiger partial charge is 0.0701 e. The van der Waals surface area contributed by atoms with Gasteiger partial charge in [-0.3, -0.25) is 0 Å². The minimum Gasteiger partial charge on any atom is -0.370 e. The first-order valence-corrected chi connectivity index (χ1v) is 8.96. The van der Waals surface area contributed by atoms with Gasteiger partial charge in [0.15, 0.2) is 0 Å². The van der Waals surface area contributed by atoms with E-state index in [0.717, 1.165) is 19.6 Å². The summed E-state index contributed by atoms with van der Waals surface area (Å²) in [5.74, 6) is 0.679. The standard InChI is InChI=1S/C17H23BrN2S/c1-13(2)9-19-10-15-6-4-5-7-16(15)20(3)11-14-8-17(18)21-12-14/h4-8,12-13,19H,9-11H2,1-3H3. The van der Waals surface area contributed by atoms with E-state index < -0.39 is 0 Å². The number of hydrogen-bond donors (Lipinski definition) is 1. The second-order valence-corrected chi connectivity index (χ2v) is 8.06. The van der Waals surface area contributed by atoms with Crippen LogP contribution in [0.5, 0.6) is 0 Å². The Morgan fingerprint density at radius 3 is 2.71 bits per heavy atom. The lowest BCUT2D eigenvalue weighted by atomic mass is 10.1. The van der Waals surface area contributed by atoms with Crippen LogP contribution in [0, 0.1) is 5.92 Å². The molecule has 1 aromatic heterocycles. The predicted molar refractivity (Wildman–Crippen MR) is 97.1 cm³/mol. The number of nitrogens with one attached hydrogen (secondary N) is 1. The van der Waals surface area contributed by atoms with Gasteiger partial charge in [-0.2, -0.15) is 0 Å². The SMILES string of the molecule is CC(C)CNCc1ccccc1N(C)Cc1csc(Br)c1. The van der Waals surface area contributed by atoms with Gasteiger partial charge >= 0.3 is 0 Å². The molecule has 0 aliphatic rings.